The molecule has 1 unspecified atom stereocenters. The average molecular weight is 337 g/mol. The Morgan fingerprint density at radius 2 is 1.74 bits per heavy atom. The van der Waals surface area contributed by atoms with Crippen molar-refractivity contribution in [3.63, 3.8) is 0 Å². The van der Waals surface area contributed by atoms with Gasteiger partial charge in [0.15, 0.2) is 0 Å². The molecule has 0 spiro atoms. The van der Waals surface area contributed by atoms with E-state index in [1.54, 1.807) is 0 Å². The molecule has 0 aliphatic carbocycles. The average Bonchev–Trinajstić information content (AvgIpc) is 2.93. The van der Waals surface area contributed by atoms with Crippen molar-refractivity contribution in [2.24, 2.45) is 17.4 Å². The standard InChI is InChI=1S/C6H13NO2.C5H9NO3.C2H5NO2/c1-3-4(2)5(7)6(8)9;7-3-1-2-6-4(3)5(8)9;3-1-2(4)5/h4-5H,3,7H2,1-2H3,(H,8,9);3-4,6-7H,1-2H2,(H,8,9);1,3H2,(H,4,5)/t4-,5-;3?,4-;/m00./s1. The maximum absolute atomic E-state index is 10.2. The van der Waals surface area contributed by atoms with Gasteiger partial charge in [0.25, 0.3) is 0 Å². The molecular weight excluding hydrogens is 310 g/mol. The minimum Gasteiger partial charge on any atom is -0.480 e. The van der Waals surface area contributed by atoms with E-state index in [4.69, 9.17) is 26.2 Å². The van der Waals surface area contributed by atoms with E-state index in [2.05, 4.69) is 11.1 Å². The van der Waals surface area contributed by atoms with Crippen molar-refractivity contribution in [2.75, 3.05) is 13.1 Å². The number of carbonyl (C=O) groups is 3. The van der Waals surface area contributed by atoms with Crippen LogP contribution in [-0.4, -0.2) is 69.6 Å². The van der Waals surface area contributed by atoms with E-state index in [0.717, 1.165) is 6.42 Å². The number of rotatable bonds is 5. The van der Waals surface area contributed by atoms with Gasteiger partial charge < -0.3 is 37.2 Å². The van der Waals surface area contributed by atoms with Crippen molar-refractivity contribution in [3.05, 3.63) is 0 Å². The zero-order valence-corrected chi connectivity index (χ0v) is 13.3. The second-order valence-corrected chi connectivity index (χ2v) is 4.97. The summed E-state index contributed by atoms with van der Waals surface area (Å²) in [6, 6.07) is -1.44. The van der Waals surface area contributed by atoms with Crippen molar-refractivity contribution < 1.29 is 34.8 Å². The Bertz CT molecular complexity index is 379. The molecule has 1 aliphatic rings. The van der Waals surface area contributed by atoms with Gasteiger partial charge in [0.1, 0.15) is 12.1 Å². The van der Waals surface area contributed by atoms with E-state index in [1.807, 2.05) is 13.8 Å². The van der Waals surface area contributed by atoms with Crippen LogP contribution in [0, 0.1) is 5.92 Å². The Balaban J connectivity index is 0. The highest BCUT2D eigenvalue weighted by molar-refractivity contribution is 5.74. The molecule has 0 bridgehead atoms. The van der Waals surface area contributed by atoms with Crippen molar-refractivity contribution in [1.29, 1.82) is 0 Å². The lowest BCUT2D eigenvalue weighted by Crippen LogP contribution is -2.38. The summed E-state index contributed by atoms with van der Waals surface area (Å²) >= 11 is 0. The van der Waals surface area contributed by atoms with Crippen LogP contribution in [0.3, 0.4) is 0 Å². The Kier molecular flexibility index (Phi) is 13.0. The number of hydrogen-bond acceptors (Lipinski definition) is 7. The van der Waals surface area contributed by atoms with E-state index >= 15 is 0 Å². The molecule has 1 heterocycles. The summed E-state index contributed by atoms with van der Waals surface area (Å²) in [5.41, 5.74) is 9.84. The number of nitrogens with one attached hydrogen (secondary N) is 1. The lowest BCUT2D eigenvalue weighted by atomic mass is 10.0. The number of aliphatic carboxylic acids is 3. The van der Waals surface area contributed by atoms with Crippen molar-refractivity contribution >= 4 is 17.9 Å². The van der Waals surface area contributed by atoms with Gasteiger partial charge in [0.05, 0.1) is 12.6 Å². The first-order valence-electron chi connectivity index (χ1n) is 7.12. The summed E-state index contributed by atoms with van der Waals surface area (Å²) in [7, 11) is 0. The Labute approximate surface area is 134 Å². The molecule has 0 radical (unpaired) electrons. The van der Waals surface area contributed by atoms with E-state index in [0.29, 0.717) is 13.0 Å². The lowest BCUT2D eigenvalue weighted by molar-refractivity contribution is -0.141. The lowest BCUT2D eigenvalue weighted by Gasteiger charge is -2.11. The molecule has 9 N–H and O–H groups in total. The van der Waals surface area contributed by atoms with Gasteiger partial charge in [-0.3, -0.25) is 14.4 Å². The first-order chi connectivity index (χ1) is 10.6. The molecule has 136 valence electrons. The van der Waals surface area contributed by atoms with Crippen LogP contribution in [0.4, 0.5) is 0 Å². The van der Waals surface area contributed by atoms with Gasteiger partial charge in [-0.1, -0.05) is 20.3 Å². The van der Waals surface area contributed by atoms with Gasteiger partial charge in [-0.2, -0.15) is 0 Å². The third-order valence-corrected chi connectivity index (χ3v) is 3.17. The molecule has 10 nitrogen and oxygen atoms in total. The summed E-state index contributed by atoms with van der Waals surface area (Å²) in [4.78, 5) is 29.6. The van der Waals surface area contributed by atoms with Crippen LogP contribution in [0.1, 0.15) is 26.7 Å². The predicted molar refractivity (Wildman–Crippen MR) is 81.8 cm³/mol. The zero-order valence-electron chi connectivity index (χ0n) is 13.3. The van der Waals surface area contributed by atoms with E-state index in [1.165, 1.54) is 0 Å². The van der Waals surface area contributed by atoms with Crippen LogP contribution >= 0.6 is 0 Å². The second-order valence-electron chi connectivity index (χ2n) is 4.97. The van der Waals surface area contributed by atoms with Gasteiger partial charge >= 0.3 is 17.9 Å². The number of carboxylic acids is 3. The van der Waals surface area contributed by atoms with Crippen molar-refractivity contribution in [2.45, 2.75) is 44.9 Å². The van der Waals surface area contributed by atoms with E-state index in [-0.39, 0.29) is 12.5 Å². The van der Waals surface area contributed by atoms with Crippen LogP contribution < -0.4 is 16.8 Å². The predicted octanol–water partition coefficient (Wildman–Crippen LogP) is -1.73. The molecule has 10 heteroatoms. The van der Waals surface area contributed by atoms with Gasteiger partial charge in [-0.05, 0) is 18.9 Å². The van der Waals surface area contributed by atoms with Gasteiger partial charge in [-0.25, -0.2) is 0 Å². The highest BCUT2D eigenvalue weighted by Crippen LogP contribution is 2.05. The number of aliphatic hydroxyl groups excluding tert-OH is 1. The van der Waals surface area contributed by atoms with Crippen LogP contribution in [0.5, 0.6) is 0 Å². The molecule has 1 fully saturated rings. The molecule has 0 amide bonds. The van der Waals surface area contributed by atoms with Gasteiger partial charge in [0.2, 0.25) is 0 Å². The minimum atomic E-state index is -0.972. The highest BCUT2D eigenvalue weighted by atomic mass is 16.4. The molecule has 1 saturated heterocycles. The summed E-state index contributed by atoms with van der Waals surface area (Å²) < 4.78 is 0. The molecule has 4 atom stereocenters. The largest absolute Gasteiger partial charge is 0.480 e. The van der Waals surface area contributed by atoms with Gasteiger partial charge in [0, 0.05) is 0 Å². The van der Waals surface area contributed by atoms with E-state index < -0.39 is 36.1 Å². The third kappa shape index (κ3) is 11.5. The normalized spacial score (nSPS) is 21.8. The molecule has 0 aromatic heterocycles. The summed E-state index contributed by atoms with van der Waals surface area (Å²) in [5.74, 6) is -2.78. The molecule has 1 aliphatic heterocycles. The van der Waals surface area contributed by atoms with Gasteiger partial charge in [-0.15, -0.1) is 0 Å². The summed E-state index contributed by atoms with van der Waals surface area (Å²) in [6.07, 6.45) is 0.646. The highest BCUT2D eigenvalue weighted by Gasteiger charge is 2.30. The van der Waals surface area contributed by atoms with Crippen LogP contribution in [0.25, 0.3) is 0 Å². The number of carboxylic acid groups (broad SMARTS) is 3. The van der Waals surface area contributed by atoms with Crippen molar-refractivity contribution in [3.8, 4) is 0 Å². The summed E-state index contributed by atoms with van der Waals surface area (Å²) in [5, 5.41) is 35.9. The number of nitrogens with two attached hydrogens (primary N) is 2. The number of aliphatic hydroxyl groups is 1. The molecule has 0 aromatic rings. The number of hydrogen-bond donors (Lipinski definition) is 7. The quantitative estimate of drug-likeness (QED) is 0.302. The molecule has 0 saturated carbocycles. The first-order valence-corrected chi connectivity index (χ1v) is 7.12. The van der Waals surface area contributed by atoms with E-state index in [9.17, 15) is 14.4 Å². The topological polar surface area (TPSA) is 196 Å². The first kappa shape index (κ1) is 23.5. The minimum absolute atomic E-state index is 0.0718. The van der Waals surface area contributed by atoms with Crippen molar-refractivity contribution in [1.82, 2.24) is 5.32 Å². The summed E-state index contributed by atoms with van der Waals surface area (Å²) in [6.45, 7) is 4.07. The van der Waals surface area contributed by atoms with Crippen LogP contribution in [-0.2, 0) is 14.4 Å². The second kappa shape index (κ2) is 12.8. The Morgan fingerprint density at radius 3 is 1.87 bits per heavy atom. The fourth-order valence-corrected chi connectivity index (χ4v) is 1.44. The molecule has 1 rings (SSSR count). The fourth-order valence-electron chi connectivity index (χ4n) is 1.44. The Hall–Kier alpha value is -1.75. The zero-order chi connectivity index (χ0) is 18.6. The Morgan fingerprint density at radius 1 is 1.26 bits per heavy atom. The smallest absolute Gasteiger partial charge is 0.323 e. The molecule has 0 aromatic carbocycles. The molecular formula is C13H27N3O7. The monoisotopic (exact) mass is 337 g/mol. The van der Waals surface area contributed by atoms with Crippen LogP contribution in [0.15, 0.2) is 0 Å². The fraction of sp³-hybridized carbons (Fsp3) is 0.769. The van der Waals surface area contributed by atoms with Crippen LogP contribution in [0.2, 0.25) is 0 Å². The maximum Gasteiger partial charge on any atom is 0.323 e. The SMILES string of the molecule is CC[C@H](C)[C@H](N)C(=O)O.NCC(=O)O.O=C(O)[C@H]1NCCC1O. The third-order valence-electron chi connectivity index (χ3n) is 3.17. The maximum atomic E-state index is 10.2. The molecule has 23 heavy (non-hydrogen) atoms.